The zero-order valence-electron chi connectivity index (χ0n) is 13.9. The molecule has 1 aliphatic carbocycles. The molecule has 22 heavy (non-hydrogen) atoms. The summed E-state index contributed by atoms with van der Waals surface area (Å²) in [5, 5.41) is 0. The first-order chi connectivity index (χ1) is 10.6. The van der Waals surface area contributed by atoms with Crippen LogP contribution in [0.2, 0.25) is 0 Å². The molecule has 0 aromatic rings. The van der Waals surface area contributed by atoms with Gasteiger partial charge in [0.05, 0.1) is 6.61 Å². The first-order valence-corrected chi connectivity index (χ1v) is 8.32. The lowest BCUT2D eigenvalue weighted by Gasteiger charge is -2.17. The second-order valence-corrected chi connectivity index (χ2v) is 5.76. The molecule has 1 aliphatic rings. The summed E-state index contributed by atoms with van der Waals surface area (Å²) >= 11 is 0. The van der Waals surface area contributed by atoms with Crippen LogP contribution in [0.25, 0.3) is 0 Å². The third-order valence-corrected chi connectivity index (χ3v) is 3.87. The molecule has 0 aliphatic heterocycles. The van der Waals surface area contributed by atoms with Gasteiger partial charge in [-0.2, -0.15) is 0 Å². The second-order valence-electron chi connectivity index (χ2n) is 5.76. The van der Waals surface area contributed by atoms with E-state index >= 15 is 0 Å². The summed E-state index contributed by atoms with van der Waals surface area (Å²) in [6.45, 7) is 4.96. The van der Waals surface area contributed by atoms with Crippen LogP contribution in [0, 0.1) is 0 Å². The normalized spacial score (nSPS) is 15.2. The maximum absolute atomic E-state index is 11.6. The van der Waals surface area contributed by atoms with Gasteiger partial charge in [-0.05, 0) is 44.6 Å². The van der Waals surface area contributed by atoms with Gasteiger partial charge < -0.3 is 9.47 Å². The van der Waals surface area contributed by atoms with Gasteiger partial charge in [0.1, 0.15) is 6.61 Å². The van der Waals surface area contributed by atoms with Crippen LogP contribution >= 0.6 is 0 Å². The van der Waals surface area contributed by atoms with Crippen molar-refractivity contribution in [3.63, 3.8) is 0 Å². The van der Waals surface area contributed by atoms with Crippen molar-refractivity contribution in [3.8, 4) is 0 Å². The highest BCUT2D eigenvalue weighted by atomic mass is 16.5. The fourth-order valence-corrected chi connectivity index (χ4v) is 2.41. The lowest BCUT2D eigenvalue weighted by molar-refractivity contribution is -0.140. The average Bonchev–Trinajstić information content (AvgIpc) is 2.52. The molecule has 0 amide bonds. The summed E-state index contributed by atoms with van der Waals surface area (Å²) in [5.74, 6) is -0.977. The molecule has 0 spiro atoms. The van der Waals surface area contributed by atoms with E-state index in [9.17, 15) is 9.59 Å². The Hall–Kier alpha value is -1.58. The number of rotatable bonds is 9. The molecule has 4 heteroatoms. The largest absolute Gasteiger partial charge is 0.463 e. The molecule has 0 aromatic carbocycles. The monoisotopic (exact) mass is 308 g/mol. The molecule has 0 N–H and O–H groups in total. The summed E-state index contributed by atoms with van der Waals surface area (Å²) in [6, 6.07) is 0. The predicted octanol–water partition coefficient (Wildman–Crippen LogP) is 4.10. The minimum atomic E-state index is -0.492. The standard InChI is InChI=1S/C18H28O4/c1-3-4-5-8-13-21-17(19)11-12-18(20)22-14-16-10-7-6-9-15(16)2/h11-12H,3-10,13-14H2,1-2H3/b12-11+. The van der Waals surface area contributed by atoms with E-state index in [1.54, 1.807) is 0 Å². The van der Waals surface area contributed by atoms with Crippen molar-refractivity contribution < 1.29 is 19.1 Å². The second kappa shape index (κ2) is 11.0. The molecule has 4 nitrogen and oxygen atoms in total. The Kier molecular flexibility index (Phi) is 9.28. The molecule has 124 valence electrons. The topological polar surface area (TPSA) is 52.6 Å². The minimum absolute atomic E-state index is 0.334. The van der Waals surface area contributed by atoms with E-state index in [1.165, 1.54) is 17.6 Å². The molecule has 0 unspecified atom stereocenters. The highest BCUT2D eigenvalue weighted by Crippen LogP contribution is 2.24. The van der Waals surface area contributed by atoms with Gasteiger partial charge >= 0.3 is 11.9 Å². The summed E-state index contributed by atoms with van der Waals surface area (Å²) in [5.41, 5.74) is 2.54. The molecule has 0 saturated carbocycles. The lowest BCUT2D eigenvalue weighted by Crippen LogP contribution is -2.10. The fraction of sp³-hybridized carbons (Fsp3) is 0.667. The van der Waals surface area contributed by atoms with Gasteiger partial charge in [-0.3, -0.25) is 0 Å². The first-order valence-electron chi connectivity index (χ1n) is 8.32. The molecule has 0 bridgehead atoms. The number of esters is 2. The maximum atomic E-state index is 11.6. The van der Waals surface area contributed by atoms with Gasteiger partial charge in [-0.25, -0.2) is 9.59 Å². The van der Waals surface area contributed by atoms with Gasteiger partial charge in [-0.1, -0.05) is 31.8 Å². The van der Waals surface area contributed by atoms with Crippen LogP contribution in [0.5, 0.6) is 0 Å². The molecule has 0 atom stereocenters. The van der Waals surface area contributed by atoms with Crippen LogP contribution in [0.1, 0.15) is 65.2 Å². The maximum Gasteiger partial charge on any atom is 0.331 e. The zero-order valence-corrected chi connectivity index (χ0v) is 13.9. The van der Waals surface area contributed by atoms with Gasteiger partial charge in [0.25, 0.3) is 0 Å². The number of ether oxygens (including phenoxy) is 2. The van der Waals surface area contributed by atoms with Crippen molar-refractivity contribution in [3.05, 3.63) is 23.3 Å². The highest BCUT2D eigenvalue weighted by molar-refractivity contribution is 5.91. The lowest BCUT2D eigenvalue weighted by atomic mass is 9.93. The Morgan fingerprint density at radius 2 is 1.68 bits per heavy atom. The van der Waals surface area contributed by atoms with Crippen LogP contribution in [-0.2, 0) is 19.1 Å². The summed E-state index contributed by atoms with van der Waals surface area (Å²) in [6.07, 6.45) is 11.0. The molecular weight excluding hydrogens is 280 g/mol. The Labute approximate surface area is 133 Å². The van der Waals surface area contributed by atoms with Gasteiger partial charge in [0, 0.05) is 12.2 Å². The molecule has 0 aromatic heterocycles. The SMILES string of the molecule is CCCCCCOC(=O)/C=C/C(=O)OCC1=C(C)CCCC1. The smallest absolute Gasteiger partial charge is 0.331 e. The quantitative estimate of drug-likeness (QED) is 0.278. The van der Waals surface area contributed by atoms with Crippen molar-refractivity contribution in [2.45, 2.75) is 65.2 Å². The van der Waals surface area contributed by atoms with Crippen molar-refractivity contribution in [1.29, 1.82) is 0 Å². The molecule has 0 saturated heterocycles. The minimum Gasteiger partial charge on any atom is -0.463 e. The number of allylic oxidation sites excluding steroid dienone is 1. The number of hydrogen-bond donors (Lipinski definition) is 0. The van der Waals surface area contributed by atoms with E-state index in [4.69, 9.17) is 9.47 Å². The fourth-order valence-electron chi connectivity index (χ4n) is 2.41. The number of hydrogen-bond acceptors (Lipinski definition) is 4. The van der Waals surface area contributed by atoms with Crippen molar-refractivity contribution >= 4 is 11.9 Å². The molecule has 1 rings (SSSR count). The predicted molar refractivity (Wildman–Crippen MR) is 86.4 cm³/mol. The van der Waals surface area contributed by atoms with E-state index in [0.717, 1.165) is 57.1 Å². The Morgan fingerprint density at radius 3 is 2.36 bits per heavy atom. The van der Waals surface area contributed by atoms with Gasteiger partial charge in [0.15, 0.2) is 0 Å². The first kappa shape index (κ1) is 18.5. The van der Waals surface area contributed by atoms with Crippen LogP contribution in [0.3, 0.4) is 0 Å². The van der Waals surface area contributed by atoms with E-state index in [1.807, 2.05) is 0 Å². The van der Waals surface area contributed by atoms with Crippen LogP contribution in [-0.4, -0.2) is 25.2 Å². The van der Waals surface area contributed by atoms with Gasteiger partial charge in [-0.15, -0.1) is 0 Å². The van der Waals surface area contributed by atoms with Crippen LogP contribution in [0.4, 0.5) is 0 Å². The average molecular weight is 308 g/mol. The molecule has 0 radical (unpaired) electrons. The van der Waals surface area contributed by atoms with Crippen molar-refractivity contribution in [2.75, 3.05) is 13.2 Å². The summed E-state index contributed by atoms with van der Waals surface area (Å²) in [7, 11) is 0. The summed E-state index contributed by atoms with van der Waals surface area (Å²) < 4.78 is 10.2. The van der Waals surface area contributed by atoms with E-state index in [2.05, 4.69) is 13.8 Å². The molecule has 0 fully saturated rings. The Bertz CT molecular complexity index is 421. The number of unbranched alkanes of at least 4 members (excludes halogenated alkanes) is 3. The molecular formula is C18H28O4. The third kappa shape index (κ3) is 8.01. The highest BCUT2D eigenvalue weighted by Gasteiger charge is 2.10. The van der Waals surface area contributed by atoms with Crippen LogP contribution in [0.15, 0.2) is 23.3 Å². The Morgan fingerprint density at radius 1 is 1.00 bits per heavy atom. The third-order valence-electron chi connectivity index (χ3n) is 3.87. The molecule has 0 heterocycles. The van der Waals surface area contributed by atoms with Crippen LogP contribution < -0.4 is 0 Å². The van der Waals surface area contributed by atoms with Crippen molar-refractivity contribution in [2.24, 2.45) is 0 Å². The van der Waals surface area contributed by atoms with E-state index < -0.39 is 11.9 Å². The van der Waals surface area contributed by atoms with E-state index in [0.29, 0.717) is 13.2 Å². The van der Waals surface area contributed by atoms with E-state index in [-0.39, 0.29) is 0 Å². The van der Waals surface area contributed by atoms with Crippen molar-refractivity contribution in [1.82, 2.24) is 0 Å². The van der Waals surface area contributed by atoms with Gasteiger partial charge in [0.2, 0.25) is 0 Å². The number of carbonyl (C=O) groups is 2. The Balaban J connectivity index is 2.19. The number of carbonyl (C=O) groups excluding carboxylic acids is 2. The summed E-state index contributed by atoms with van der Waals surface area (Å²) in [4.78, 5) is 23.0. The zero-order chi connectivity index (χ0) is 16.2.